The van der Waals surface area contributed by atoms with Gasteiger partial charge in [0, 0.05) is 52.4 Å². The standard InChI is InChI=1S/C12H28N2O.C10H24N2O.C9H22N2O.C8H20N2O/c1-5-13(6-2)9-11-15-12-10-14(7-3)8-4;1-9(7-11(3)4)13-10(2)8-12(5)6;1-9(8-11(4)5)12-7-6-10(2)3;1-9(2)5-7-11-8-6-10(3)4/h5-12H2,1-4H3;9-10H,7-8H2,1-6H3;9H,6-8H2,1-5H3;5-8H2,1-4H3. The third kappa shape index (κ3) is 54.0. The molecule has 314 valence electrons. The van der Waals surface area contributed by atoms with Gasteiger partial charge in [-0.2, -0.15) is 0 Å². The van der Waals surface area contributed by atoms with Gasteiger partial charge in [-0.05, 0) is 132 Å². The van der Waals surface area contributed by atoms with Gasteiger partial charge in [-0.1, -0.05) is 27.7 Å². The van der Waals surface area contributed by atoms with Gasteiger partial charge in [-0.15, -0.1) is 0 Å². The van der Waals surface area contributed by atoms with Gasteiger partial charge in [0.05, 0.1) is 51.3 Å². The summed E-state index contributed by atoms with van der Waals surface area (Å²) in [5, 5.41) is 0. The largest absolute Gasteiger partial charge is 0.379 e. The van der Waals surface area contributed by atoms with Crippen LogP contribution in [-0.2, 0) is 18.9 Å². The fourth-order valence-electron chi connectivity index (χ4n) is 4.68. The van der Waals surface area contributed by atoms with Crippen molar-refractivity contribution >= 4 is 0 Å². The second kappa shape index (κ2) is 40.7. The quantitative estimate of drug-likeness (QED) is 0.111. The van der Waals surface area contributed by atoms with E-state index in [4.69, 9.17) is 18.9 Å². The molecule has 0 amide bonds. The molecule has 12 nitrogen and oxygen atoms in total. The van der Waals surface area contributed by atoms with Crippen LogP contribution in [0.5, 0.6) is 0 Å². The monoisotopic (exact) mass is 739 g/mol. The molecule has 0 bridgehead atoms. The van der Waals surface area contributed by atoms with Gasteiger partial charge in [0.2, 0.25) is 0 Å². The molecule has 0 spiro atoms. The Morgan fingerprint density at radius 1 is 0.353 bits per heavy atom. The summed E-state index contributed by atoms with van der Waals surface area (Å²) in [6, 6.07) is 0. The van der Waals surface area contributed by atoms with E-state index >= 15 is 0 Å². The van der Waals surface area contributed by atoms with Crippen LogP contribution in [0, 0.1) is 0 Å². The molecule has 0 saturated carbocycles. The maximum Gasteiger partial charge on any atom is 0.0677 e. The molecule has 0 aliphatic rings. The molecule has 3 atom stereocenters. The van der Waals surface area contributed by atoms with Crippen LogP contribution in [-0.4, -0.2) is 254 Å². The highest BCUT2D eigenvalue weighted by molar-refractivity contribution is 4.60. The SMILES string of the molecule is CC(CN(C)C)OC(C)CN(C)C.CC(CN(C)C)OCCN(C)C.CCN(CC)CCOCCN(CC)CC.CN(C)CCOCCN(C)C. The lowest BCUT2D eigenvalue weighted by molar-refractivity contribution is -0.0139. The Morgan fingerprint density at radius 3 is 0.902 bits per heavy atom. The number of ether oxygens (including phenoxy) is 4. The highest BCUT2D eigenvalue weighted by Crippen LogP contribution is 2.00. The van der Waals surface area contributed by atoms with Crippen LogP contribution in [0.2, 0.25) is 0 Å². The van der Waals surface area contributed by atoms with E-state index in [0.29, 0.717) is 18.3 Å². The van der Waals surface area contributed by atoms with E-state index in [2.05, 4.69) is 172 Å². The highest BCUT2D eigenvalue weighted by atomic mass is 16.5. The third-order valence-electron chi connectivity index (χ3n) is 7.53. The first-order valence-electron chi connectivity index (χ1n) is 19.6. The smallest absolute Gasteiger partial charge is 0.0677 e. The molecular formula is C39H94N8O4. The van der Waals surface area contributed by atoms with Crippen molar-refractivity contribution in [3.8, 4) is 0 Å². The Balaban J connectivity index is -0.000000291. The fourth-order valence-corrected chi connectivity index (χ4v) is 4.68. The zero-order valence-corrected chi connectivity index (χ0v) is 38.0. The van der Waals surface area contributed by atoms with Crippen molar-refractivity contribution in [3.05, 3.63) is 0 Å². The minimum atomic E-state index is 0.310. The summed E-state index contributed by atoms with van der Waals surface area (Å²) in [5.74, 6) is 0. The first-order valence-corrected chi connectivity index (χ1v) is 19.6. The number of likely N-dealkylation sites (N-methyl/N-ethyl adjacent to an activating group) is 8. The molecule has 0 saturated heterocycles. The molecule has 0 aromatic heterocycles. The summed E-state index contributed by atoms with van der Waals surface area (Å²) in [7, 11) is 24.7. The van der Waals surface area contributed by atoms with Gasteiger partial charge in [-0.25, -0.2) is 0 Å². The maximum atomic E-state index is 5.79. The zero-order chi connectivity index (χ0) is 40.2. The average Bonchev–Trinajstić information content (AvgIpc) is 3.00. The van der Waals surface area contributed by atoms with Crippen molar-refractivity contribution in [1.29, 1.82) is 0 Å². The number of rotatable bonds is 28. The Kier molecular flexibility index (Phi) is 45.7. The van der Waals surface area contributed by atoms with Crippen LogP contribution in [0.15, 0.2) is 0 Å². The van der Waals surface area contributed by atoms with E-state index in [-0.39, 0.29) is 0 Å². The van der Waals surface area contributed by atoms with E-state index < -0.39 is 0 Å². The Hall–Kier alpha value is -0.480. The minimum Gasteiger partial charge on any atom is -0.379 e. The lowest BCUT2D eigenvalue weighted by atomic mass is 10.3. The third-order valence-corrected chi connectivity index (χ3v) is 7.53. The molecule has 51 heavy (non-hydrogen) atoms. The molecule has 12 heteroatoms. The predicted molar refractivity (Wildman–Crippen MR) is 224 cm³/mol. The van der Waals surface area contributed by atoms with Crippen LogP contribution < -0.4 is 0 Å². The van der Waals surface area contributed by atoms with Crippen LogP contribution in [0.3, 0.4) is 0 Å². The van der Waals surface area contributed by atoms with Crippen molar-refractivity contribution in [2.45, 2.75) is 66.8 Å². The zero-order valence-electron chi connectivity index (χ0n) is 38.0. The fraction of sp³-hybridized carbons (Fsp3) is 1.00. The summed E-state index contributed by atoms with van der Waals surface area (Å²) >= 11 is 0. The lowest BCUT2D eigenvalue weighted by Crippen LogP contribution is -2.33. The average molecular weight is 739 g/mol. The van der Waals surface area contributed by atoms with Gasteiger partial charge in [0.1, 0.15) is 0 Å². The predicted octanol–water partition coefficient (Wildman–Crippen LogP) is 3.23. The Labute approximate surface area is 320 Å². The number of nitrogens with zero attached hydrogens (tertiary/aromatic N) is 8. The van der Waals surface area contributed by atoms with E-state index in [1.165, 1.54) is 0 Å². The van der Waals surface area contributed by atoms with Crippen molar-refractivity contribution in [2.24, 2.45) is 0 Å². The summed E-state index contributed by atoms with van der Waals surface area (Å²) < 4.78 is 22.4. The molecule has 3 unspecified atom stereocenters. The van der Waals surface area contributed by atoms with Gasteiger partial charge < -0.3 is 58.1 Å². The summed E-state index contributed by atoms with van der Waals surface area (Å²) in [6.07, 6.45) is 0.954. The highest BCUT2D eigenvalue weighted by Gasteiger charge is 2.10. The van der Waals surface area contributed by atoms with E-state index in [0.717, 1.165) is 112 Å². The van der Waals surface area contributed by atoms with Crippen molar-refractivity contribution in [1.82, 2.24) is 39.2 Å². The second-order valence-corrected chi connectivity index (χ2v) is 14.9. The molecule has 0 aromatic rings. The molecule has 0 rings (SSSR count). The maximum absolute atomic E-state index is 5.79. The van der Waals surface area contributed by atoms with E-state index in [1.807, 2.05) is 0 Å². The van der Waals surface area contributed by atoms with Gasteiger partial charge in [0.25, 0.3) is 0 Å². The second-order valence-electron chi connectivity index (χ2n) is 14.9. The number of hydrogen-bond acceptors (Lipinski definition) is 12. The molecule has 0 aliphatic heterocycles. The number of hydrogen-bond donors (Lipinski definition) is 0. The normalized spacial score (nSPS) is 13.5. The van der Waals surface area contributed by atoms with Crippen molar-refractivity contribution in [3.63, 3.8) is 0 Å². The van der Waals surface area contributed by atoms with Crippen molar-refractivity contribution < 1.29 is 18.9 Å². The Bertz CT molecular complexity index is 615. The first-order chi connectivity index (χ1) is 23.8. The summed E-state index contributed by atoms with van der Waals surface area (Å²) in [6.45, 7) is 31.9. The van der Waals surface area contributed by atoms with Crippen LogP contribution in [0.1, 0.15) is 48.5 Å². The molecule has 0 radical (unpaired) electrons. The van der Waals surface area contributed by atoms with Gasteiger partial charge >= 0.3 is 0 Å². The van der Waals surface area contributed by atoms with Crippen LogP contribution >= 0.6 is 0 Å². The van der Waals surface area contributed by atoms with Gasteiger partial charge in [0.15, 0.2) is 0 Å². The molecular weight excluding hydrogens is 644 g/mol. The molecule has 0 fully saturated rings. The van der Waals surface area contributed by atoms with Crippen LogP contribution in [0.25, 0.3) is 0 Å². The first kappa shape index (κ1) is 57.2. The molecule has 0 heterocycles. The van der Waals surface area contributed by atoms with Crippen molar-refractivity contribution in [2.75, 3.05) is 196 Å². The van der Waals surface area contributed by atoms with E-state index in [9.17, 15) is 0 Å². The Morgan fingerprint density at radius 2 is 0.627 bits per heavy atom. The lowest BCUT2D eigenvalue weighted by Gasteiger charge is -2.23. The topological polar surface area (TPSA) is 62.8 Å². The van der Waals surface area contributed by atoms with Crippen LogP contribution in [0.4, 0.5) is 0 Å². The molecule has 0 aliphatic carbocycles. The molecule has 0 aromatic carbocycles. The van der Waals surface area contributed by atoms with E-state index in [1.54, 1.807) is 0 Å². The van der Waals surface area contributed by atoms with Gasteiger partial charge in [-0.3, -0.25) is 0 Å². The minimum absolute atomic E-state index is 0.310. The summed E-state index contributed by atoms with van der Waals surface area (Å²) in [5.41, 5.74) is 0. The molecule has 0 N–H and O–H groups in total. The summed E-state index contributed by atoms with van der Waals surface area (Å²) in [4.78, 5) is 17.6.